The summed E-state index contributed by atoms with van der Waals surface area (Å²) in [6.45, 7) is 0. The summed E-state index contributed by atoms with van der Waals surface area (Å²) in [5, 5.41) is 4.15. The van der Waals surface area contributed by atoms with Crippen molar-refractivity contribution in [3.05, 3.63) is 90.6 Å². The molecule has 0 atom stereocenters. The summed E-state index contributed by atoms with van der Waals surface area (Å²) in [5.41, 5.74) is 2.90. The van der Waals surface area contributed by atoms with Gasteiger partial charge in [0.2, 0.25) is 5.91 Å². The number of amides is 1. The molecular formula is C22H18N2OS. The van der Waals surface area contributed by atoms with Crippen LogP contribution in [0.15, 0.2) is 94.9 Å². The molecule has 1 aromatic heterocycles. The molecule has 0 spiro atoms. The van der Waals surface area contributed by atoms with Crippen molar-refractivity contribution in [2.45, 2.75) is 16.2 Å². The molecular weight excluding hydrogens is 340 g/mol. The second kappa shape index (κ2) is 7.50. The lowest BCUT2D eigenvalue weighted by Gasteiger charge is -2.10. The molecule has 2 N–H and O–H groups in total. The average molecular weight is 358 g/mol. The SMILES string of the molecule is O=C(Cc1c[nH]c2ccccc12)Nc1ccccc1Sc1ccccc1. The van der Waals surface area contributed by atoms with E-state index in [1.54, 1.807) is 11.8 Å². The Morgan fingerprint density at radius 1 is 0.885 bits per heavy atom. The third kappa shape index (κ3) is 3.65. The largest absolute Gasteiger partial charge is 0.361 e. The van der Waals surface area contributed by atoms with Crippen LogP contribution in [0.1, 0.15) is 5.56 Å². The molecule has 0 saturated heterocycles. The molecule has 3 aromatic carbocycles. The molecule has 128 valence electrons. The standard InChI is InChI=1S/C22H18N2OS/c25-22(14-16-15-23-19-11-5-4-10-18(16)19)24-20-12-6-7-13-21(20)26-17-8-2-1-3-9-17/h1-13,15,23H,14H2,(H,24,25). The highest BCUT2D eigenvalue weighted by molar-refractivity contribution is 7.99. The quantitative estimate of drug-likeness (QED) is 0.495. The van der Waals surface area contributed by atoms with Crippen LogP contribution in [0.3, 0.4) is 0 Å². The van der Waals surface area contributed by atoms with Gasteiger partial charge in [0, 0.05) is 26.9 Å². The van der Waals surface area contributed by atoms with Crippen molar-refractivity contribution < 1.29 is 4.79 Å². The number of para-hydroxylation sites is 2. The number of carbonyl (C=O) groups is 1. The van der Waals surface area contributed by atoms with E-state index in [-0.39, 0.29) is 5.91 Å². The van der Waals surface area contributed by atoms with E-state index >= 15 is 0 Å². The number of nitrogens with one attached hydrogen (secondary N) is 2. The van der Waals surface area contributed by atoms with Crippen LogP contribution in [0, 0.1) is 0 Å². The second-order valence-corrected chi connectivity index (χ2v) is 7.11. The molecule has 4 heteroatoms. The highest BCUT2D eigenvalue weighted by atomic mass is 32.2. The summed E-state index contributed by atoms with van der Waals surface area (Å²) in [7, 11) is 0. The van der Waals surface area contributed by atoms with Crippen molar-refractivity contribution in [1.29, 1.82) is 0 Å². The molecule has 3 nitrogen and oxygen atoms in total. The minimum atomic E-state index is -0.0177. The predicted molar refractivity (Wildman–Crippen MR) is 108 cm³/mol. The number of carbonyl (C=O) groups excluding carboxylic acids is 1. The maximum absolute atomic E-state index is 12.6. The molecule has 0 aliphatic rings. The van der Waals surface area contributed by atoms with Crippen LogP contribution < -0.4 is 5.32 Å². The third-order valence-electron chi connectivity index (χ3n) is 4.16. The first-order valence-electron chi connectivity index (χ1n) is 8.46. The van der Waals surface area contributed by atoms with Crippen molar-refractivity contribution in [2.24, 2.45) is 0 Å². The van der Waals surface area contributed by atoms with Crippen LogP contribution in [0.25, 0.3) is 10.9 Å². The van der Waals surface area contributed by atoms with Gasteiger partial charge in [0.05, 0.1) is 12.1 Å². The molecule has 26 heavy (non-hydrogen) atoms. The highest BCUT2D eigenvalue weighted by Gasteiger charge is 2.11. The predicted octanol–water partition coefficient (Wildman–Crippen LogP) is 5.50. The third-order valence-corrected chi connectivity index (χ3v) is 5.24. The van der Waals surface area contributed by atoms with Crippen molar-refractivity contribution in [3.63, 3.8) is 0 Å². The van der Waals surface area contributed by atoms with Crippen LogP contribution in [0.2, 0.25) is 0 Å². The van der Waals surface area contributed by atoms with Gasteiger partial charge in [-0.3, -0.25) is 4.79 Å². The molecule has 1 heterocycles. The van der Waals surface area contributed by atoms with Gasteiger partial charge in [0.25, 0.3) is 0 Å². The van der Waals surface area contributed by atoms with Gasteiger partial charge in [0.1, 0.15) is 0 Å². The summed E-state index contributed by atoms with van der Waals surface area (Å²) < 4.78 is 0. The molecule has 1 amide bonds. The number of rotatable bonds is 5. The zero-order valence-electron chi connectivity index (χ0n) is 14.1. The fourth-order valence-corrected chi connectivity index (χ4v) is 3.84. The van der Waals surface area contributed by atoms with Gasteiger partial charge in [-0.05, 0) is 35.9 Å². The summed E-state index contributed by atoms with van der Waals surface area (Å²) >= 11 is 1.65. The summed E-state index contributed by atoms with van der Waals surface area (Å²) in [4.78, 5) is 18.0. The van der Waals surface area contributed by atoms with E-state index in [1.807, 2.05) is 72.9 Å². The lowest BCUT2D eigenvalue weighted by atomic mass is 10.1. The maximum Gasteiger partial charge on any atom is 0.228 e. The summed E-state index contributed by atoms with van der Waals surface area (Å²) in [5.74, 6) is -0.0177. The number of hydrogen-bond acceptors (Lipinski definition) is 2. The van der Waals surface area contributed by atoms with Crippen molar-refractivity contribution in [1.82, 2.24) is 4.98 Å². The van der Waals surface area contributed by atoms with E-state index in [0.29, 0.717) is 6.42 Å². The number of benzene rings is 3. The fraction of sp³-hybridized carbons (Fsp3) is 0.0455. The monoisotopic (exact) mass is 358 g/mol. The van der Waals surface area contributed by atoms with Crippen LogP contribution in [0.4, 0.5) is 5.69 Å². The number of hydrogen-bond donors (Lipinski definition) is 2. The topological polar surface area (TPSA) is 44.9 Å². The van der Waals surface area contributed by atoms with Crippen LogP contribution in [0.5, 0.6) is 0 Å². The van der Waals surface area contributed by atoms with E-state index in [9.17, 15) is 4.79 Å². The van der Waals surface area contributed by atoms with Crippen molar-refractivity contribution in [3.8, 4) is 0 Å². The molecule has 4 rings (SSSR count). The fourth-order valence-electron chi connectivity index (χ4n) is 2.92. The van der Waals surface area contributed by atoms with Gasteiger partial charge in [-0.1, -0.05) is 60.3 Å². The zero-order chi connectivity index (χ0) is 17.8. The summed E-state index contributed by atoms with van der Waals surface area (Å²) in [6.07, 6.45) is 2.25. The molecule has 0 saturated carbocycles. The molecule has 0 aliphatic carbocycles. The lowest BCUT2D eigenvalue weighted by molar-refractivity contribution is -0.115. The van der Waals surface area contributed by atoms with Crippen LogP contribution >= 0.6 is 11.8 Å². The Labute approximate surface area is 156 Å². The Balaban J connectivity index is 1.51. The van der Waals surface area contributed by atoms with Gasteiger partial charge < -0.3 is 10.3 Å². The molecule has 0 radical (unpaired) electrons. The van der Waals surface area contributed by atoms with Crippen LogP contribution in [-0.4, -0.2) is 10.9 Å². The first-order chi connectivity index (χ1) is 12.8. The number of fused-ring (bicyclic) bond motifs is 1. The van der Waals surface area contributed by atoms with E-state index < -0.39 is 0 Å². The number of anilines is 1. The number of H-pyrrole nitrogens is 1. The highest BCUT2D eigenvalue weighted by Crippen LogP contribution is 2.33. The maximum atomic E-state index is 12.6. The molecule has 0 aliphatic heterocycles. The minimum Gasteiger partial charge on any atom is -0.361 e. The van der Waals surface area contributed by atoms with Gasteiger partial charge in [0.15, 0.2) is 0 Å². The van der Waals surface area contributed by atoms with Crippen LogP contribution in [-0.2, 0) is 11.2 Å². The van der Waals surface area contributed by atoms with E-state index in [0.717, 1.165) is 31.9 Å². The Kier molecular flexibility index (Phi) is 4.75. The first kappa shape index (κ1) is 16.5. The average Bonchev–Trinajstić information content (AvgIpc) is 3.07. The molecule has 0 fully saturated rings. The molecule has 0 unspecified atom stereocenters. The zero-order valence-corrected chi connectivity index (χ0v) is 14.9. The molecule has 4 aromatic rings. The Hall–Kier alpha value is -2.98. The Bertz CT molecular complexity index is 1040. The van der Waals surface area contributed by atoms with Gasteiger partial charge in [-0.15, -0.1) is 0 Å². The van der Waals surface area contributed by atoms with E-state index in [2.05, 4.69) is 22.4 Å². The lowest BCUT2D eigenvalue weighted by Crippen LogP contribution is -2.14. The van der Waals surface area contributed by atoms with E-state index in [4.69, 9.17) is 0 Å². The van der Waals surface area contributed by atoms with Crippen molar-refractivity contribution >= 4 is 34.3 Å². The van der Waals surface area contributed by atoms with Gasteiger partial charge in [-0.25, -0.2) is 0 Å². The number of aromatic nitrogens is 1. The second-order valence-electron chi connectivity index (χ2n) is 6.00. The normalized spacial score (nSPS) is 10.8. The van der Waals surface area contributed by atoms with Crippen molar-refractivity contribution in [2.75, 3.05) is 5.32 Å². The van der Waals surface area contributed by atoms with Gasteiger partial charge in [-0.2, -0.15) is 0 Å². The Morgan fingerprint density at radius 2 is 1.62 bits per heavy atom. The molecule has 0 bridgehead atoms. The Morgan fingerprint density at radius 3 is 2.50 bits per heavy atom. The summed E-state index contributed by atoms with van der Waals surface area (Å²) in [6, 6.07) is 26.1. The number of aromatic amines is 1. The smallest absolute Gasteiger partial charge is 0.228 e. The van der Waals surface area contributed by atoms with Gasteiger partial charge >= 0.3 is 0 Å². The van der Waals surface area contributed by atoms with E-state index in [1.165, 1.54) is 0 Å². The minimum absolute atomic E-state index is 0.0177. The first-order valence-corrected chi connectivity index (χ1v) is 9.28.